The highest BCUT2D eigenvalue weighted by atomic mass is 16.6. The van der Waals surface area contributed by atoms with Crippen molar-refractivity contribution in [2.45, 2.75) is 12.5 Å². The molecule has 1 N–H and O–H groups in total. The molecule has 0 rings (SSSR count). The zero-order valence-corrected chi connectivity index (χ0v) is 9.27. The Morgan fingerprint density at radius 1 is 1.29 bits per heavy atom. The topological polar surface area (TPSA) is 64.6 Å². The van der Waals surface area contributed by atoms with Gasteiger partial charge in [0, 0.05) is 0 Å². The second-order valence-corrected chi connectivity index (χ2v) is 2.81. The number of amides is 1. The predicted molar refractivity (Wildman–Crippen MR) is 61.7 cm³/mol. The molecule has 0 saturated carbocycles. The molecule has 0 bridgehead atoms. The lowest BCUT2D eigenvalue weighted by molar-refractivity contribution is -0.144. The Hall–Kier alpha value is -2.40. The smallest absolute Gasteiger partial charge is 0.408 e. The fourth-order valence-electron chi connectivity index (χ4n) is 0.885. The molecule has 0 fully saturated rings. The lowest BCUT2D eigenvalue weighted by Gasteiger charge is -2.14. The molecule has 0 aliphatic rings. The molecule has 1 atom stereocenters. The lowest BCUT2D eigenvalue weighted by atomic mass is 10.2. The van der Waals surface area contributed by atoms with Gasteiger partial charge in [-0.3, -0.25) is 0 Å². The number of rotatable bonds is 6. The third-order valence-electron chi connectivity index (χ3n) is 1.56. The van der Waals surface area contributed by atoms with Gasteiger partial charge in [0.05, 0.1) is 0 Å². The van der Waals surface area contributed by atoms with E-state index in [0.717, 1.165) is 0 Å². The van der Waals surface area contributed by atoms with Crippen molar-refractivity contribution in [1.82, 2.24) is 5.32 Å². The van der Waals surface area contributed by atoms with Crippen LogP contribution in [0.3, 0.4) is 0 Å². The SMILES string of the molecule is C#CCOC(=O)NC(CC=C)C(=O)OCC#C. The number of nitrogens with one attached hydrogen (secondary N) is 1. The normalized spacial score (nSPS) is 10.2. The number of alkyl carbamates (subject to hydrolysis) is 1. The van der Waals surface area contributed by atoms with Gasteiger partial charge in [-0.25, -0.2) is 9.59 Å². The van der Waals surface area contributed by atoms with E-state index in [1.807, 2.05) is 0 Å². The fourth-order valence-corrected chi connectivity index (χ4v) is 0.885. The van der Waals surface area contributed by atoms with Gasteiger partial charge in [0.15, 0.2) is 13.2 Å². The van der Waals surface area contributed by atoms with Crippen LogP contribution in [0.25, 0.3) is 0 Å². The quantitative estimate of drug-likeness (QED) is 0.413. The Bertz CT molecular complexity index is 362. The van der Waals surface area contributed by atoms with Crippen LogP contribution in [0, 0.1) is 24.7 Å². The van der Waals surface area contributed by atoms with E-state index in [-0.39, 0.29) is 19.6 Å². The highest BCUT2D eigenvalue weighted by Gasteiger charge is 2.21. The second-order valence-electron chi connectivity index (χ2n) is 2.81. The molecular weight excluding hydrogens is 222 g/mol. The Labute approximate surface area is 100 Å². The van der Waals surface area contributed by atoms with E-state index in [4.69, 9.17) is 12.8 Å². The minimum Gasteiger partial charge on any atom is -0.451 e. The van der Waals surface area contributed by atoms with Crippen molar-refractivity contribution in [1.29, 1.82) is 0 Å². The van der Waals surface area contributed by atoms with E-state index in [1.165, 1.54) is 6.08 Å². The van der Waals surface area contributed by atoms with Gasteiger partial charge < -0.3 is 14.8 Å². The summed E-state index contributed by atoms with van der Waals surface area (Å²) in [4.78, 5) is 22.6. The van der Waals surface area contributed by atoms with Gasteiger partial charge in [-0.2, -0.15) is 0 Å². The van der Waals surface area contributed by atoms with Gasteiger partial charge in [0.2, 0.25) is 0 Å². The molecule has 17 heavy (non-hydrogen) atoms. The van der Waals surface area contributed by atoms with Crippen LogP contribution < -0.4 is 5.32 Å². The average Bonchev–Trinajstić information content (AvgIpc) is 2.32. The molecule has 0 aromatic rings. The van der Waals surface area contributed by atoms with Crippen LogP contribution in [0.2, 0.25) is 0 Å². The summed E-state index contributed by atoms with van der Waals surface area (Å²) < 4.78 is 9.23. The summed E-state index contributed by atoms with van der Waals surface area (Å²) in [7, 11) is 0. The maximum Gasteiger partial charge on any atom is 0.408 e. The summed E-state index contributed by atoms with van der Waals surface area (Å²) in [6.07, 6.45) is 10.7. The number of terminal acetylenes is 2. The van der Waals surface area contributed by atoms with Gasteiger partial charge >= 0.3 is 12.1 Å². The third kappa shape index (κ3) is 6.64. The molecule has 0 saturated heterocycles. The maximum atomic E-state index is 11.4. The van der Waals surface area contributed by atoms with Crippen molar-refractivity contribution < 1.29 is 19.1 Å². The zero-order chi connectivity index (χ0) is 13.1. The fraction of sp³-hybridized carbons (Fsp3) is 0.333. The van der Waals surface area contributed by atoms with E-state index < -0.39 is 18.1 Å². The maximum absolute atomic E-state index is 11.4. The first kappa shape index (κ1) is 14.6. The molecule has 0 aromatic carbocycles. The molecule has 0 radical (unpaired) electrons. The summed E-state index contributed by atoms with van der Waals surface area (Å²) in [5.41, 5.74) is 0. The molecule has 1 unspecified atom stereocenters. The Balaban J connectivity index is 4.28. The van der Waals surface area contributed by atoms with Crippen molar-refractivity contribution in [2.75, 3.05) is 13.2 Å². The first-order chi connectivity index (χ1) is 8.15. The third-order valence-corrected chi connectivity index (χ3v) is 1.56. The summed E-state index contributed by atoms with van der Waals surface area (Å²) in [6, 6.07) is -0.883. The van der Waals surface area contributed by atoms with Crippen molar-refractivity contribution in [3.8, 4) is 24.7 Å². The zero-order valence-electron chi connectivity index (χ0n) is 9.27. The number of esters is 1. The number of carbonyl (C=O) groups excluding carboxylic acids is 2. The number of ether oxygens (including phenoxy) is 2. The van der Waals surface area contributed by atoms with E-state index >= 15 is 0 Å². The molecule has 5 heteroatoms. The second kappa shape index (κ2) is 8.87. The van der Waals surface area contributed by atoms with Gasteiger partial charge in [-0.05, 0) is 6.42 Å². The molecule has 1 amide bonds. The number of carbonyl (C=O) groups is 2. The van der Waals surface area contributed by atoms with E-state index in [2.05, 4.69) is 33.2 Å². The molecule has 90 valence electrons. The van der Waals surface area contributed by atoms with E-state index in [1.54, 1.807) is 0 Å². The highest BCUT2D eigenvalue weighted by molar-refractivity contribution is 5.81. The van der Waals surface area contributed by atoms with Crippen LogP contribution in [0.1, 0.15) is 6.42 Å². The average molecular weight is 235 g/mol. The van der Waals surface area contributed by atoms with E-state index in [0.29, 0.717) is 0 Å². The van der Waals surface area contributed by atoms with Crippen molar-refractivity contribution in [3.63, 3.8) is 0 Å². The summed E-state index contributed by atoms with van der Waals surface area (Å²) in [5, 5.41) is 2.29. The first-order valence-electron chi connectivity index (χ1n) is 4.73. The lowest BCUT2D eigenvalue weighted by Crippen LogP contribution is -2.41. The predicted octanol–water partition coefficient (Wildman–Crippen LogP) is 0.467. The van der Waals surface area contributed by atoms with Gasteiger partial charge in [0.1, 0.15) is 6.04 Å². The molecule has 0 aliphatic carbocycles. The molecular formula is C12H13NO4. The van der Waals surface area contributed by atoms with Crippen LogP contribution in [0.4, 0.5) is 4.79 Å². The van der Waals surface area contributed by atoms with Crippen LogP contribution in [0.15, 0.2) is 12.7 Å². The minimum atomic E-state index is -0.883. The highest BCUT2D eigenvalue weighted by Crippen LogP contribution is 1.97. The first-order valence-corrected chi connectivity index (χ1v) is 4.73. The largest absolute Gasteiger partial charge is 0.451 e. The van der Waals surface area contributed by atoms with Crippen molar-refractivity contribution in [3.05, 3.63) is 12.7 Å². The number of hydrogen-bond acceptors (Lipinski definition) is 4. The monoisotopic (exact) mass is 235 g/mol. The van der Waals surface area contributed by atoms with Crippen molar-refractivity contribution in [2.24, 2.45) is 0 Å². The molecule has 0 heterocycles. The molecule has 0 aromatic heterocycles. The summed E-state index contributed by atoms with van der Waals surface area (Å²) in [5.74, 6) is 3.61. The van der Waals surface area contributed by atoms with Crippen LogP contribution in [-0.2, 0) is 14.3 Å². The minimum absolute atomic E-state index is 0.159. The Kier molecular flexibility index (Phi) is 7.62. The molecule has 0 aliphatic heterocycles. The van der Waals surface area contributed by atoms with Gasteiger partial charge in [0.25, 0.3) is 0 Å². The Morgan fingerprint density at radius 2 is 1.88 bits per heavy atom. The van der Waals surface area contributed by atoms with Crippen molar-refractivity contribution >= 4 is 12.1 Å². The number of hydrogen-bond donors (Lipinski definition) is 1. The summed E-state index contributed by atoms with van der Waals surface area (Å²) in [6.45, 7) is 3.13. The summed E-state index contributed by atoms with van der Waals surface area (Å²) >= 11 is 0. The van der Waals surface area contributed by atoms with Crippen LogP contribution in [0.5, 0.6) is 0 Å². The molecule has 0 spiro atoms. The van der Waals surface area contributed by atoms with E-state index in [9.17, 15) is 9.59 Å². The molecule has 5 nitrogen and oxygen atoms in total. The van der Waals surface area contributed by atoms with Crippen LogP contribution in [-0.4, -0.2) is 31.3 Å². The standard InChI is InChI=1S/C12H13NO4/c1-4-7-10(11(14)16-8-5-2)13-12(15)17-9-6-3/h2-4,10H,1,7-9H2,(H,13,15). The van der Waals surface area contributed by atoms with Crippen LogP contribution >= 0.6 is 0 Å². The van der Waals surface area contributed by atoms with Gasteiger partial charge in [-0.1, -0.05) is 17.9 Å². The Morgan fingerprint density at radius 3 is 2.41 bits per heavy atom. The van der Waals surface area contributed by atoms with Gasteiger partial charge in [-0.15, -0.1) is 19.4 Å².